The van der Waals surface area contributed by atoms with Gasteiger partial charge in [-0.05, 0) is 17.7 Å². The number of alkyl halides is 3. The summed E-state index contributed by atoms with van der Waals surface area (Å²) in [6, 6.07) is 11.8. The number of Topliss-reactive ketones (excluding diaryl/α,β-unsaturated/α-hetero) is 1. The molecule has 0 aliphatic carbocycles. The van der Waals surface area contributed by atoms with Gasteiger partial charge in [0.1, 0.15) is 5.69 Å². The summed E-state index contributed by atoms with van der Waals surface area (Å²) < 4.78 is 56.6. The molecule has 30 heavy (non-hydrogen) atoms. The molecule has 158 valence electrons. The van der Waals surface area contributed by atoms with Crippen LogP contribution in [0.4, 0.5) is 13.2 Å². The molecular formula is C20H18F3N3O4. The van der Waals surface area contributed by atoms with E-state index in [1.165, 1.54) is 38.1 Å². The van der Waals surface area contributed by atoms with E-state index in [-0.39, 0.29) is 35.1 Å². The van der Waals surface area contributed by atoms with Gasteiger partial charge in [-0.1, -0.05) is 35.5 Å². The number of methoxy groups -OCH3 is 3. The summed E-state index contributed by atoms with van der Waals surface area (Å²) in [7, 11) is 4.16. The van der Waals surface area contributed by atoms with Crippen LogP contribution in [0.2, 0.25) is 0 Å². The zero-order valence-corrected chi connectivity index (χ0v) is 16.4. The molecule has 0 saturated carbocycles. The standard InChI is InChI=1S/C20H18F3N3O4/c1-28-14-9-13(10-15(29-2)18(14)30-3)17-16(19(27)20(21,22)23)24-25-26(17)11-12-7-5-4-6-8-12/h4-10H,11H2,1-3H3. The third-order valence-corrected chi connectivity index (χ3v) is 4.32. The summed E-state index contributed by atoms with van der Waals surface area (Å²) in [5, 5.41) is 7.35. The summed E-state index contributed by atoms with van der Waals surface area (Å²) in [5.41, 5.74) is 0.0493. The summed E-state index contributed by atoms with van der Waals surface area (Å²) >= 11 is 0. The molecule has 0 unspecified atom stereocenters. The highest BCUT2D eigenvalue weighted by atomic mass is 19.4. The van der Waals surface area contributed by atoms with Crippen LogP contribution in [0.5, 0.6) is 17.2 Å². The normalized spacial score (nSPS) is 11.3. The van der Waals surface area contributed by atoms with Crippen molar-refractivity contribution < 1.29 is 32.2 Å². The predicted octanol–water partition coefficient (Wildman–Crippen LogP) is 3.76. The van der Waals surface area contributed by atoms with E-state index in [0.717, 1.165) is 5.56 Å². The monoisotopic (exact) mass is 421 g/mol. The minimum atomic E-state index is -5.11. The lowest BCUT2D eigenvalue weighted by Gasteiger charge is -2.15. The van der Waals surface area contributed by atoms with Crippen LogP contribution in [-0.4, -0.2) is 48.3 Å². The SMILES string of the molecule is COc1cc(-c2c(C(=O)C(F)(F)F)nnn2Cc2ccccc2)cc(OC)c1OC. The fourth-order valence-electron chi connectivity index (χ4n) is 2.97. The number of hydrogen-bond acceptors (Lipinski definition) is 6. The maximum absolute atomic E-state index is 13.2. The van der Waals surface area contributed by atoms with E-state index in [4.69, 9.17) is 14.2 Å². The van der Waals surface area contributed by atoms with Gasteiger partial charge in [-0.3, -0.25) is 4.79 Å². The minimum absolute atomic E-state index is 0.102. The lowest BCUT2D eigenvalue weighted by atomic mass is 10.1. The molecule has 3 aromatic rings. The fraction of sp³-hybridized carbons (Fsp3) is 0.250. The fourth-order valence-corrected chi connectivity index (χ4v) is 2.97. The molecule has 0 N–H and O–H groups in total. The number of ether oxygens (including phenoxy) is 3. The average Bonchev–Trinajstić information content (AvgIpc) is 3.15. The van der Waals surface area contributed by atoms with E-state index < -0.39 is 17.7 Å². The van der Waals surface area contributed by atoms with Gasteiger partial charge < -0.3 is 14.2 Å². The van der Waals surface area contributed by atoms with Crippen molar-refractivity contribution in [3.05, 3.63) is 53.7 Å². The summed E-state index contributed by atoms with van der Waals surface area (Å²) in [4.78, 5) is 12.0. The Labute approximate surface area is 170 Å². The molecule has 0 spiro atoms. The van der Waals surface area contributed by atoms with Crippen LogP contribution in [0, 0.1) is 0 Å². The zero-order chi connectivity index (χ0) is 21.9. The summed E-state index contributed by atoms with van der Waals surface area (Å²) in [5.74, 6) is -1.41. The highest BCUT2D eigenvalue weighted by molar-refractivity contribution is 6.03. The van der Waals surface area contributed by atoms with Crippen LogP contribution in [0.25, 0.3) is 11.3 Å². The van der Waals surface area contributed by atoms with Crippen LogP contribution in [0.15, 0.2) is 42.5 Å². The number of nitrogens with zero attached hydrogens (tertiary/aromatic N) is 3. The third-order valence-electron chi connectivity index (χ3n) is 4.32. The van der Waals surface area contributed by atoms with Gasteiger partial charge in [-0.2, -0.15) is 13.2 Å². The van der Waals surface area contributed by atoms with Crippen molar-refractivity contribution in [2.45, 2.75) is 12.7 Å². The van der Waals surface area contributed by atoms with E-state index in [9.17, 15) is 18.0 Å². The number of halogens is 3. The molecule has 0 radical (unpaired) electrons. The van der Waals surface area contributed by atoms with Crippen molar-refractivity contribution in [1.29, 1.82) is 0 Å². The molecule has 0 saturated heterocycles. The quantitative estimate of drug-likeness (QED) is 0.541. The number of carbonyl (C=O) groups excluding carboxylic acids is 1. The molecule has 0 aliphatic heterocycles. The van der Waals surface area contributed by atoms with Crippen LogP contribution in [-0.2, 0) is 6.54 Å². The van der Waals surface area contributed by atoms with Crippen LogP contribution in [0.1, 0.15) is 16.1 Å². The van der Waals surface area contributed by atoms with Crippen LogP contribution >= 0.6 is 0 Å². The Balaban J connectivity index is 2.23. The Bertz CT molecular complexity index is 1020. The second-order valence-electron chi connectivity index (χ2n) is 6.17. The molecule has 2 aromatic carbocycles. The average molecular weight is 421 g/mol. The van der Waals surface area contributed by atoms with Gasteiger partial charge >= 0.3 is 6.18 Å². The van der Waals surface area contributed by atoms with Gasteiger partial charge in [-0.25, -0.2) is 4.68 Å². The van der Waals surface area contributed by atoms with Gasteiger partial charge in [0.2, 0.25) is 5.75 Å². The largest absolute Gasteiger partial charge is 0.493 e. The van der Waals surface area contributed by atoms with E-state index in [2.05, 4.69) is 10.3 Å². The predicted molar refractivity (Wildman–Crippen MR) is 101 cm³/mol. The molecule has 3 rings (SSSR count). The molecule has 0 atom stereocenters. The summed E-state index contributed by atoms with van der Waals surface area (Å²) in [6.07, 6.45) is -5.11. The van der Waals surface area contributed by atoms with Crippen molar-refractivity contribution >= 4 is 5.78 Å². The molecular weight excluding hydrogens is 403 g/mol. The maximum Gasteiger partial charge on any atom is 0.456 e. The van der Waals surface area contributed by atoms with E-state index in [0.29, 0.717) is 0 Å². The second kappa shape index (κ2) is 8.44. The minimum Gasteiger partial charge on any atom is -0.493 e. The lowest BCUT2D eigenvalue weighted by molar-refractivity contribution is -0.0887. The first kappa shape index (κ1) is 21.2. The first-order valence-corrected chi connectivity index (χ1v) is 8.69. The van der Waals surface area contributed by atoms with E-state index in [1.807, 2.05) is 6.07 Å². The molecule has 1 aromatic heterocycles. The Morgan fingerprint density at radius 2 is 1.60 bits per heavy atom. The van der Waals surface area contributed by atoms with E-state index >= 15 is 0 Å². The Morgan fingerprint density at radius 3 is 2.10 bits per heavy atom. The highest BCUT2D eigenvalue weighted by Crippen LogP contribution is 2.42. The number of hydrogen-bond donors (Lipinski definition) is 0. The maximum atomic E-state index is 13.2. The molecule has 0 bridgehead atoms. The number of carbonyl (C=O) groups is 1. The first-order chi connectivity index (χ1) is 14.3. The topological polar surface area (TPSA) is 75.5 Å². The Hall–Kier alpha value is -3.56. The zero-order valence-electron chi connectivity index (χ0n) is 16.4. The molecule has 1 heterocycles. The molecule has 10 heteroatoms. The number of ketones is 1. The van der Waals surface area contributed by atoms with Crippen molar-refractivity contribution in [3.8, 4) is 28.5 Å². The third kappa shape index (κ3) is 4.07. The number of benzene rings is 2. The van der Waals surface area contributed by atoms with Crippen molar-refractivity contribution in [3.63, 3.8) is 0 Å². The highest BCUT2D eigenvalue weighted by Gasteiger charge is 2.43. The first-order valence-electron chi connectivity index (χ1n) is 8.69. The molecule has 7 nitrogen and oxygen atoms in total. The lowest BCUT2D eigenvalue weighted by Crippen LogP contribution is -2.24. The Morgan fingerprint density at radius 1 is 1.00 bits per heavy atom. The summed E-state index contributed by atoms with van der Waals surface area (Å²) in [6.45, 7) is 0.102. The van der Waals surface area contributed by atoms with Crippen molar-refractivity contribution in [1.82, 2.24) is 15.0 Å². The van der Waals surface area contributed by atoms with Gasteiger partial charge in [0, 0.05) is 5.56 Å². The molecule has 0 aliphatic rings. The van der Waals surface area contributed by atoms with Crippen molar-refractivity contribution in [2.24, 2.45) is 0 Å². The molecule has 0 amide bonds. The van der Waals surface area contributed by atoms with Gasteiger partial charge in [0.15, 0.2) is 17.2 Å². The van der Waals surface area contributed by atoms with Crippen molar-refractivity contribution in [2.75, 3.05) is 21.3 Å². The van der Waals surface area contributed by atoms with Gasteiger partial charge in [0.05, 0.1) is 27.9 Å². The van der Waals surface area contributed by atoms with Gasteiger partial charge in [-0.15, -0.1) is 5.10 Å². The smallest absolute Gasteiger partial charge is 0.456 e. The van der Waals surface area contributed by atoms with E-state index in [1.54, 1.807) is 24.3 Å². The van der Waals surface area contributed by atoms with Crippen LogP contribution < -0.4 is 14.2 Å². The Kier molecular flexibility index (Phi) is 5.95. The molecule has 0 fully saturated rings. The number of aromatic nitrogens is 3. The van der Waals surface area contributed by atoms with Gasteiger partial charge in [0.25, 0.3) is 5.78 Å². The second-order valence-corrected chi connectivity index (χ2v) is 6.17. The number of rotatable bonds is 7. The van der Waals surface area contributed by atoms with Crippen LogP contribution in [0.3, 0.4) is 0 Å².